The SMILES string of the molecule is C=CC/C(=C\C(C)(C)C)C/C=C(\N=C)C(=O)N[C@@H]1CC/C=C(/C)Cc2cc(B3OC(C)(C)C(C)(C)O3)ccc21. The van der Waals surface area contributed by atoms with Gasteiger partial charge in [-0.1, -0.05) is 68.3 Å². The van der Waals surface area contributed by atoms with Crippen molar-refractivity contribution in [2.75, 3.05) is 0 Å². The highest BCUT2D eigenvalue weighted by Gasteiger charge is 2.51. The molecule has 1 N–H and O–H groups in total. The number of hydrogen-bond donors (Lipinski definition) is 1. The second-order valence-corrected chi connectivity index (χ2v) is 13.0. The number of carbonyl (C=O) groups is 1. The van der Waals surface area contributed by atoms with Gasteiger partial charge in [0.25, 0.3) is 5.91 Å². The molecule has 6 heteroatoms. The maximum Gasteiger partial charge on any atom is 0.494 e. The Morgan fingerprint density at radius 2 is 1.85 bits per heavy atom. The van der Waals surface area contributed by atoms with Crippen molar-refractivity contribution in [3.8, 4) is 0 Å². The van der Waals surface area contributed by atoms with Crippen LogP contribution in [0, 0.1) is 5.41 Å². The van der Waals surface area contributed by atoms with Gasteiger partial charge in [-0.25, -0.2) is 0 Å². The molecule has 0 saturated carbocycles. The van der Waals surface area contributed by atoms with Gasteiger partial charge in [-0.15, -0.1) is 6.58 Å². The fourth-order valence-corrected chi connectivity index (χ4v) is 5.11. The third kappa shape index (κ3) is 7.92. The molecule has 210 valence electrons. The van der Waals surface area contributed by atoms with E-state index in [1.807, 2.05) is 12.2 Å². The van der Waals surface area contributed by atoms with Crippen molar-refractivity contribution in [2.24, 2.45) is 10.4 Å². The molecule has 3 rings (SSSR count). The number of hydrogen-bond acceptors (Lipinski definition) is 4. The summed E-state index contributed by atoms with van der Waals surface area (Å²) >= 11 is 0. The molecule has 1 aromatic rings. The van der Waals surface area contributed by atoms with E-state index in [2.05, 4.69) is 109 Å². The van der Waals surface area contributed by atoms with Gasteiger partial charge in [0, 0.05) is 0 Å². The number of fused-ring (bicyclic) bond motifs is 1. The number of aliphatic imine (C=N–C) groups is 1. The van der Waals surface area contributed by atoms with Crippen LogP contribution in [0.5, 0.6) is 0 Å². The summed E-state index contributed by atoms with van der Waals surface area (Å²) in [5.74, 6) is -0.203. The minimum Gasteiger partial charge on any atom is -0.399 e. The number of rotatable bonds is 8. The molecule has 2 aliphatic rings. The van der Waals surface area contributed by atoms with Gasteiger partial charge in [0.2, 0.25) is 0 Å². The third-order valence-electron chi connectivity index (χ3n) is 7.79. The Morgan fingerprint density at radius 1 is 1.18 bits per heavy atom. The van der Waals surface area contributed by atoms with Crippen molar-refractivity contribution >= 4 is 25.2 Å². The maximum absolute atomic E-state index is 13.4. The average Bonchev–Trinajstić information content (AvgIpc) is 3.03. The fourth-order valence-electron chi connectivity index (χ4n) is 5.11. The van der Waals surface area contributed by atoms with Gasteiger partial charge in [-0.3, -0.25) is 9.79 Å². The van der Waals surface area contributed by atoms with Crippen molar-refractivity contribution in [1.29, 1.82) is 0 Å². The topological polar surface area (TPSA) is 59.9 Å². The Kier molecular flexibility index (Phi) is 9.66. The van der Waals surface area contributed by atoms with Crippen molar-refractivity contribution in [2.45, 2.75) is 105 Å². The smallest absolute Gasteiger partial charge is 0.399 e. The second kappa shape index (κ2) is 12.2. The van der Waals surface area contributed by atoms with Crippen LogP contribution in [-0.4, -0.2) is 30.9 Å². The molecule has 39 heavy (non-hydrogen) atoms. The summed E-state index contributed by atoms with van der Waals surface area (Å²) in [7, 11) is -0.423. The molecule has 1 atom stereocenters. The van der Waals surface area contributed by atoms with Crippen LogP contribution in [0.4, 0.5) is 0 Å². The Morgan fingerprint density at radius 3 is 2.44 bits per heavy atom. The Bertz CT molecular complexity index is 1170. The van der Waals surface area contributed by atoms with Gasteiger partial charge in [-0.2, -0.15) is 0 Å². The minimum absolute atomic E-state index is 0.0450. The molecule has 1 aliphatic carbocycles. The van der Waals surface area contributed by atoms with Crippen LogP contribution < -0.4 is 10.8 Å². The lowest BCUT2D eigenvalue weighted by Gasteiger charge is -2.32. The first kappa shape index (κ1) is 30.8. The molecule has 0 unspecified atom stereocenters. The largest absolute Gasteiger partial charge is 0.494 e. The minimum atomic E-state index is -0.423. The molecule has 1 aromatic carbocycles. The fraction of sp³-hybridized carbons (Fsp3) is 0.515. The zero-order chi connectivity index (χ0) is 29.0. The van der Waals surface area contributed by atoms with E-state index in [0.29, 0.717) is 12.1 Å². The molecule has 1 amide bonds. The Hall–Kier alpha value is -2.70. The van der Waals surface area contributed by atoms with Crippen molar-refractivity contribution in [3.05, 3.63) is 77.1 Å². The molecule has 5 nitrogen and oxygen atoms in total. The number of nitrogens with zero attached hydrogens (tertiary/aromatic N) is 1. The quantitative estimate of drug-likeness (QED) is 0.171. The lowest BCUT2D eigenvalue weighted by Crippen LogP contribution is -2.41. The van der Waals surface area contributed by atoms with Crippen LogP contribution in [0.25, 0.3) is 0 Å². The number of benzene rings is 1. The molecule has 1 aliphatic heterocycles. The number of nitrogens with one attached hydrogen (secondary N) is 1. The monoisotopic (exact) mass is 530 g/mol. The molecule has 1 heterocycles. The number of amides is 1. The highest BCUT2D eigenvalue weighted by molar-refractivity contribution is 6.62. The first-order valence-corrected chi connectivity index (χ1v) is 14.1. The molecule has 0 radical (unpaired) electrons. The first-order valence-electron chi connectivity index (χ1n) is 14.1. The molecule has 0 bridgehead atoms. The van der Waals surface area contributed by atoms with E-state index >= 15 is 0 Å². The van der Waals surface area contributed by atoms with E-state index < -0.39 is 18.3 Å². The highest BCUT2D eigenvalue weighted by atomic mass is 16.7. The van der Waals surface area contributed by atoms with Crippen molar-refractivity contribution in [1.82, 2.24) is 5.32 Å². The van der Waals surface area contributed by atoms with Gasteiger partial charge in [-0.05, 0) is 102 Å². The molecular formula is C33H47BN2O3. The lowest BCUT2D eigenvalue weighted by atomic mass is 9.76. The van der Waals surface area contributed by atoms with Crippen LogP contribution in [0.1, 0.15) is 98.2 Å². The molecule has 0 aromatic heterocycles. The summed E-state index contributed by atoms with van der Waals surface area (Å²) in [6.45, 7) is 24.5. The second-order valence-electron chi connectivity index (χ2n) is 13.0. The molecule has 1 fully saturated rings. The summed E-state index contributed by atoms with van der Waals surface area (Å²) in [6, 6.07) is 6.24. The molecule has 1 saturated heterocycles. The van der Waals surface area contributed by atoms with Crippen molar-refractivity contribution in [3.63, 3.8) is 0 Å². The van der Waals surface area contributed by atoms with E-state index in [0.717, 1.165) is 36.7 Å². The predicted octanol–water partition coefficient (Wildman–Crippen LogP) is 6.95. The van der Waals surface area contributed by atoms with Gasteiger partial charge >= 0.3 is 7.12 Å². The number of allylic oxidation sites excluding steroid dienone is 6. The van der Waals surface area contributed by atoms with Crippen LogP contribution >= 0.6 is 0 Å². The highest BCUT2D eigenvalue weighted by Crippen LogP contribution is 2.37. The van der Waals surface area contributed by atoms with Gasteiger partial charge in [0.15, 0.2) is 0 Å². The van der Waals surface area contributed by atoms with E-state index in [9.17, 15) is 4.79 Å². The van der Waals surface area contributed by atoms with Gasteiger partial charge in [0.05, 0.1) is 17.2 Å². The summed E-state index contributed by atoms with van der Waals surface area (Å²) in [5.41, 5.74) is 5.43. The summed E-state index contributed by atoms with van der Waals surface area (Å²) in [5, 5.41) is 3.26. The summed E-state index contributed by atoms with van der Waals surface area (Å²) < 4.78 is 12.6. The predicted molar refractivity (Wildman–Crippen MR) is 164 cm³/mol. The average molecular weight is 531 g/mol. The van der Waals surface area contributed by atoms with Crippen LogP contribution in [-0.2, 0) is 20.5 Å². The normalized spacial score (nSPS) is 22.7. The van der Waals surface area contributed by atoms with E-state index in [4.69, 9.17) is 9.31 Å². The zero-order valence-electron chi connectivity index (χ0n) is 25.3. The van der Waals surface area contributed by atoms with Gasteiger partial charge < -0.3 is 14.6 Å². The third-order valence-corrected chi connectivity index (χ3v) is 7.79. The van der Waals surface area contributed by atoms with Crippen LogP contribution in [0.2, 0.25) is 0 Å². The maximum atomic E-state index is 13.4. The first-order chi connectivity index (χ1) is 18.2. The van der Waals surface area contributed by atoms with E-state index in [-0.39, 0.29) is 17.4 Å². The molecular weight excluding hydrogens is 483 g/mol. The van der Waals surface area contributed by atoms with E-state index in [1.165, 1.54) is 16.7 Å². The van der Waals surface area contributed by atoms with Crippen molar-refractivity contribution < 1.29 is 14.1 Å². The van der Waals surface area contributed by atoms with Gasteiger partial charge in [0.1, 0.15) is 5.70 Å². The van der Waals surface area contributed by atoms with Crippen LogP contribution in [0.3, 0.4) is 0 Å². The lowest BCUT2D eigenvalue weighted by molar-refractivity contribution is -0.118. The zero-order valence-corrected chi connectivity index (χ0v) is 25.3. The summed E-state index contributed by atoms with van der Waals surface area (Å²) in [4.78, 5) is 17.5. The standard InChI is InChI=1S/C33H47BN2O3/c1-11-13-24(22-31(3,4)5)16-19-29(35-10)30(37)36-28-15-12-14-23(2)20-25-21-26(17-18-27(25)28)34-38-32(6,7)33(8,9)39-34/h11,14,17-19,21-22,28H,1,10,12-13,15-16,20H2,2-9H3,(H,36,37)/b23-14-,24-22+,29-19-/t28-/m1/s1. The molecule has 0 spiro atoms. The Labute approximate surface area is 236 Å². The number of carbonyl (C=O) groups excluding carboxylic acids is 1. The van der Waals surface area contributed by atoms with Crippen LogP contribution in [0.15, 0.2) is 70.9 Å². The Balaban J connectivity index is 1.86. The summed E-state index contributed by atoms with van der Waals surface area (Å²) in [6.07, 6.45) is 12.2. The van der Waals surface area contributed by atoms with E-state index in [1.54, 1.807) is 0 Å².